The average Bonchev–Trinajstić information content (AvgIpc) is 2.55. The first-order valence-corrected chi connectivity index (χ1v) is 9.15. The molecule has 0 aliphatic heterocycles. The third-order valence-corrected chi connectivity index (χ3v) is 4.87. The van der Waals surface area contributed by atoms with Crippen molar-refractivity contribution in [2.45, 2.75) is 88.8 Å². The van der Waals surface area contributed by atoms with Crippen LogP contribution in [0.4, 0.5) is 4.79 Å². The summed E-state index contributed by atoms with van der Waals surface area (Å²) in [6.45, 7) is 0.523. The zero-order chi connectivity index (χ0) is 16.5. The first kappa shape index (κ1) is 18.0. The molecule has 2 aliphatic rings. The Morgan fingerprint density at radius 1 is 0.870 bits per heavy atom. The van der Waals surface area contributed by atoms with Crippen molar-refractivity contribution in [3.63, 3.8) is 0 Å². The topological polar surface area (TPSA) is 90.5 Å². The van der Waals surface area contributed by atoms with Crippen LogP contribution in [0, 0.1) is 0 Å². The Morgan fingerprint density at radius 3 is 2.22 bits per heavy atom. The maximum absolute atomic E-state index is 11.9. The van der Waals surface area contributed by atoms with E-state index in [1.165, 1.54) is 19.3 Å². The summed E-state index contributed by atoms with van der Waals surface area (Å²) in [5.74, 6) is 0.0425. The molecule has 4 N–H and O–H groups in total. The van der Waals surface area contributed by atoms with E-state index in [4.69, 9.17) is 0 Å². The highest BCUT2D eigenvalue weighted by Crippen LogP contribution is 2.18. The fourth-order valence-electron chi connectivity index (χ4n) is 3.45. The molecule has 0 saturated heterocycles. The second-order valence-corrected chi connectivity index (χ2v) is 6.91. The van der Waals surface area contributed by atoms with Gasteiger partial charge in [-0.3, -0.25) is 4.79 Å². The minimum atomic E-state index is -0.199. The molecule has 6 heteroatoms. The van der Waals surface area contributed by atoms with E-state index in [1.54, 1.807) is 0 Å². The van der Waals surface area contributed by atoms with Crippen LogP contribution in [0.15, 0.2) is 0 Å². The van der Waals surface area contributed by atoms with E-state index in [0.29, 0.717) is 25.4 Å². The molecule has 0 aromatic heterocycles. The molecule has 2 fully saturated rings. The number of aliphatic hydroxyl groups is 1. The molecule has 0 bridgehead atoms. The summed E-state index contributed by atoms with van der Waals surface area (Å²) < 4.78 is 0. The maximum Gasteiger partial charge on any atom is 0.315 e. The summed E-state index contributed by atoms with van der Waals surface area (Å²) in [5, 5.41) is 18.3. The number of hydrogen-bond acceptors (Lipinski definition) is 3. The van der Waals surface area contributed by atoms with Gasteiger partial charge in [-0.25, -0.2) is 4.79 Å². The van der Waals surface area contributed by atoms with Crippen LogP contribution in [-0.2, 0) is 4.79 Å². The van der Waals surface area contributed by atoms with Crippen molar-refractivity contribution in [3.8, 4) is 0 Å². The Bertz CT molecular complexity index is 375. The highest BCUT2D eigenvalue weighted by Gasteiger charge is 2.20. The van der Waals surface area contributed by atoms with E-state index >= 15 is 0 Å². The van der Waals surface area contributed by atoms with Crippen molar-refractivity contribution < 1.29 is 14.7 Å². The monoisotopic (exact) mass is 325 g/mol. The Kier molecular flexibility index (Phi) is 7.65. The normalized spacial score (nSPS) is 25.6. The van der Waals surface area contributed by atoms with Crippen LogP contribution in [0.25, 0.3) is 0 Å². The van der Waals surface area contributed by atoms with Gasteiger partial charge in [0.15, 0.2) is 0 Å². The number of amides is 3. The molecule has 6 nitrogen and oxygen atoms in total. The highest BCUT2D eigenvalue weighted by molar-refractivity contribution is 5.76. The van der Waals surface area contributed by atoms with Crippen LogP contribution < -0.4 is 16.0 Å². The van der Waals surface area contributed by atoms with Gasteiger partial charge in [-0.15, -0.1) is 0 Å². The summed E-state index contributed by atoms with van der Waals surface area (Å²) in [7, 11) is 0. The fourth-order valence-corrected chi connectivity index (χ4v) is 3.45. The van der Waals surface area contributed by atoms with Crippen molar-refractivity contribution in [3.05, 3.63) is 0 Å². The van der Waals surface area contributed by atoms with Crippen LogP contribution in [0.3, 0.4) is 0 Å². The SMILES string of the molecule is O=C(CCCNC(=O)NC1CCCCC1)NC1CCC(O)CC1. The van der Waals surface area contributed by atoms with Crippen molar-refractivity contribution in [1.82, 2.24) is 16.0 Å². The lowest BCUT2D eigenvalue weighted by Gasteiger charge is -2.26. The molecular weight excluding hydrogens is 294 g/mol. The quantitative estimate of drug-likeness (QED) is 0.562. The molecule has 132 valence electrons. The predicted molar refractivity (Wildman–Crippen MR) is 89.0 cm³/mol. The predicted octanol–water partition coefficient (Wildman–Crippen LogP) is 1.82. The Hall–Kier alpha value is -1.30. The number of rotatable bonds is 6. The van der Waals surface area contributed by atoms with Crippen molar-refractivity contribution >= 4 is 11.9 Å². The Balaban J connectivity index is 1.49. The summed E-state index contributed by atoms with van der Waals surface area (Å²) in [6, 6.07) is 0.403. The van der Waals surface area contributed by atoms with Crippen LogP contribution in [-0.4, -0.2) is 41.8 Å². The van der Waals surface area contributed by atoms with Crippen LogP contribution in [0.2, 0.25) is 0 Å². The Labute approximate surface area is 138 Å². The van der Waals surface area contributed by atoms with Crippen molar-refractivity contribution in [2.75, 3.05) is 6.54 Å². The van der Waals surface area contributed by atoms with Crippen LogP contribution in [0.1, 0.15) is 70.6 Å². The van der Waals surface area contributed by atoms with Gasteiger partial charge < -0.3 is 21.1 Å². The molecule has 3 amide bonds. The van der Waals surface area contributed by atoms with Crippen LogP contribution >= 0.6 is 0 Å². The lowest BCUT2D eigenvalue weighted by Crippen LogP contribution is -2.43. The molecule has 2 rings (SSSR count). The van der Waals surface area contributed by atoms with Gasteiger partial charge in [0.25, 0.3) is 0 Å². The highest BCUT2D eigenvalue weighted by atomic mass is 16.3. The summed E-state index contributed by atoms with van der Waals surface area (Å²) in [6.07, 6.45) is 9.96. The molecule has 0 unspecified atom stereocenters. The first-order chi connectivity index (χ1) is 11.1. The van der Waals surface area contributed by atoms with Gasteiger partial charge in [0.1, 0.15) is 0 Å². The molecule has 0 radical (unpaired) electrons. The minimum Gasteiger partial charge on any atom is -0.393 e. The van der Waals surface area contributed by atoms with E-state index in [0.717, 1.165) is 38.5 Å². The van der Waals surface area contributed by atoms with Gasteiger partial charge >= 0.3 is 6.03 Å². The van der Waals surface area contributed by atoms with Gasteiger partial charge in [-0.1, -0.05) is 19.3 Å². The van der Waals surface area contributed by atoms with Gasteiger partial charge in [-0.2, -0.15) is 0 Å². The largest absolute Gasteiger partial charge is 0.393 e. The van der Waals surface area contributed by atoms with Gasteiger partial charge in [0, 0.05) is 25.0 Å². The standard InChI is InChI=1S/C17H31N3O3/c21-15-10-8-14(9-11-15)19-16(22)7-4-12-18-17(23)20-13-5-2-1-3-6-13/h13-15,21H,1-12H2,(H,19,22)(H2,18,20,23). The summed E-state index contributed by atoms with van der Waals surface area (Å²) in [5.41, 5.74) is 0. The van der Waals surface area contributed by atoms with Gasteiger partial charge in [0.05, 0.1) is 6.10 Å². The molecule has 2 saturated carbocycles. The molecule has 0 atom stereocenters. The number of hydrogen-bond donors (Lipinski definition) is 4. The summed E-state index contributed by atoms with van der Waals surface area (Å²) >= 11 is 0. The number of urea groups is 1. The minimum absolute atomic E-state index is 0.0425. The second kappa shape index (κ2) is 9.75. The van der Waals surface area contributed by atoms with Crippen molar-refractivity contribution in [2.24, 2.45) is 0 Å². The second-order valence-electron chi connectivity index (χ2n) is 6.91. The lowest BCUT2D eigenvalue weighted by molar-refractivity contribution is -0.122. The van der Waals surface area contributed by atoms with Crippen molar-refractivity contribution in [1.29, 1.82) is 0 Å². The smallest absolute Gasteiger partial charge is 0.315 e. The Morgan fingerprint density at radius 2 is 1.52 bits per heavy atom. The lowest BCUT2D eigenvalue weighted by atomic mass is 9.93. The summed E-state index contributed by atoms with van der Waals surface area (Å²) in [4.78, 5) is 23.6. The third kappa shape index (κ3) is 7.20. The zero-order valence-corrected chi connectivity index (χ0v) is 14.0. The molecule has 0 aromatic rings. The van der Waals surface area contributed by atoms with Gasteiger partial charge in [-0.05, 0) is 44.9 Å². The number of carbonyl (C=O) groups is 2. The molecule has 2 aliphatic carbocycles. The van der Waals surface area contributed by atoms with Gasteiger partial charge in [0.2, 0.25) is 5.91 Å². The van der Waals surface area contributed by atoms with E-state index in [-0.39, 0.29) is 24.1 Å². The third-order valence-electron chi connectivity index (χ3n) is 4.87. The average molecular weight is 325 g/mol. The fraction of sp³-hybridized carbons (Fsp3) is 0.882. The van der Waals surface area contributed by atoms with E-state index in [2.05, 4.69) is 16.0 Å². The zero-order valence-electron chi connectivity index (χ0n) is 14.0. The molecule has 23 heavy (non-hydrogen) atoms. The molecule has 0 aromatic carbocycles. The molecule has 0 spiro atoms. The van der Waals surface area contributed by atoms with E-state index < -0.39 is 0 Å². The van der Waals surface area contributed by atoms with E-state index in [1.807, 2.05) is 0 Å². The molecule has 0 heterocycles. The van der Waals surface area contributed by atoms with E-state index in [9.17, 15) is 14.7 Å². The van der Waals surface area contributed by atoms with Crippen LogP contribution in [0.5, 0.6) is 0 Å². The number of nitrogens with one attached hydrogen (secondary N) is 3. The molecular formula is C17H31N3O3. The first-order valence-electron chi connectivity index (χ1n) is 9.15. The number of aliphatic hydroxyl groups excluding tert-OH is 1. The maximum atomic E-state index is 11.9. The number of carbonyl (C=O) groups excluding carboxylic acids is 2.